The fourth-order valence-corrected chi connectivity index (χ4v) is 1.60. The molecule has 94 valence electrons. The zero-order valence-electron chi connectivity index (χ0n) is 10.6. The Hall–Kier alpha value is -2.17. The Balaban J connectivity index is 2.26. The van der Waals surface area contributed by atoms with E-state index in [2.05, 4.69) is 28.9 Å². The fourth-order valence-electron chi connectivity index (χ4n) is 1.60. The molecule has 2 rings (SSSR count). The zero-order valence-corrected chi connectivity index (χ0v) is 10.6. The number of carbonyl (C=O) groups excluding carboxylic acids is 1. The molecule has 0 fully saturated rings. The van der Waals surface area contributed by atoms with Gasteiger partial charge in [0.1, 0.15) is 0 Å². The first kappa shape index (κ1) is 12.3. The zero-order chi connectivity index (χ0) is 13.1. The summed E-state index contributed by atoms with van der Waals surface area (Å²) in [6, 6.07) is 7.98. The van der Waals surface area contributed by atoms with Gasteiger partial charge in [0.2, 0.25) is 0 Å². The third kappa shape index (κ3) is 2.40. The second-order valence-corrected chi connectivity index (χ2v) is 4.29. The molecule has 0 saturated heterocycles. The number of hydrogen-bond acceptors (Lipinski definition) is 4. The van der Waals surface area contributed by atoms with Gasteiger partial charge in [0, 0.05) is 0 Å². The van der Waals surface area contributed by atoms with Crippen LogP contribution in [0.5, 0.6) is 0 Å². The van der Waals surface area contributed by atoms with Gasteiger partial charge in [-0.1, -0.05) is 31.2 Å². The van der Waals surface area contributed by atoms with E-state index in [0.29, 0.717) is 5.92 Å². The van der Waals surface area contributed by atoms with Crippen LogP contribution < -0.4 is 0 Å². The number of nitrogens with zero attached hydrogens (tertiary/aromatic N) is 3. The van der Waals surface area contributed by atoms with Crippen LogP contribution in [0.4, 0.5) is 0 Å². The maximum Gasteiger partial charge on any atom is 0.360 e. The van der Waals surface area contributed by atoms with Gasteiger partial charge in [0.15, 0.2) is 5.69 Å². The highest BCUT2D eigenvalue weighted by molar-refractivity contribution is 5.86. The summed E-state index contributed by atoms with van der Waals surface area (Å²) in [5.74, 6) is 0.000442. The number of benzene rings is 1. The van der Waals surface area contributed by atoms with Gasteiger partial charge < -0.3 is 4.74 Å². The third-order valence-electron chi connectivity index (χ3n) is 2.71. The van der Waals surface area contributed by atoms with E-state index in [9.17, 15) is 4.79 Å². The molecule has 5 nitrogen and oxygen atoms in total. The van der Waals surface area contributed by atoms with Gasteiger partial charge >= 0.3 is 5.97 Å². The van der Waals surface area contributed by atoms with Crippen LogP contribution >= 0.6 is 0 Å². The van der Waals surface area contributed by atoms with E-state index in [1.165, 1.54) is 12.7 Å². The minimum absolute atomic E-state index is 0.199. The minimum atomic E-state index is -0.486. The third-order valence-corrected chi connectivity index (χ3v) is 2.71. The molecule has 0 atom stereocenters. The molecule has 0 N–H and O–H groups in total. The molecule has 5 heteroatoms. The van der Waals surface area contributed by atoms with Crippen LogP contribution in [-0.4, -0.2) is 28.1 Å². The number of methoxy groups -OCH3 is 1. The molecule has 2 aromatic rings. The van der Waals surface area contributed by atoms with Gasteiger partial charge in [-0.05, 0) is 23.6 Å². The van der Waals surface area contributed by atoms with Crippen LogP contribution in [0.25, 0.3) is 5.69 Å². The molecule has 1 heterocycles. The Kier molecular flexibility index (Phi) is 3.41. The predicted octanol–water partition coefficient (Wildman–Crippen LogP) is 2.18. The highest BCUT2D eigenvalue weighted by Crippen LogP contribution is 2.16. The predicted molar refractivity (Wildman–Crippen MR) is 66.8 cm³/mol. The largest absolute Gasteiger partial charge is 0.464 e. The van der Waals surface area contributed by atoms with Crippen molar-refractivity contribution < 1.29 is 9.53 Å². The van der Waals surface area contributed by atoms with Crippen molar-refractivity contribution in [3.8, 4) is 5.69 Å². The van der Waals surface area contributed by atoms with Gasteiger partial charge in [-0.25, -0.2) is 9.48 Å². The summed E-state index contributed by atoms with van der Waals surface area (Å²) in [4.78, 5) is 11.3. The SMILES string of the molecule is COC(=O)c1cn(-c2ccc(C(C)C)cc2)nn1. The Morgan fingerprint density at radius 2 is 1.94 bits per heavy atom. The molecule has 1 aromatic heterocycles. The van der Waals surface area contributed by atoms with Crippen molar-refractivity contribution in [3.63, 3.8) is 0 Å². The second-order valence-electron chi connectivity index (χ2n) is 4.29. The van der Waals surface area contributed by atoms with Gasteiger partial charge in [-0.3, -0.25) is 0 Å². The van der Waals surface area contributed by atoms with Gasteiger partial charge in [0.05, 0.1) is 19.0 Å². The molecule has 0 spiro atoms. The van der Waals surface area contributed by atoms with Crippen molar-refractivity contribution in [1.82, 2.24) is 15.0 Å². The summed E-state index contributed by atoms with van der Waals surface area (Å²) in [6.45, 7) is 4.28. The molecule has 0 bridgehead atoms. The van der Waals surface area contributed by atoms with E-state index in [0.717, 1.165) is 5.69 Å². The van der Waals surface area contributed by atoms with Gasteiger partial charge in [0.25, 0.3) is 0 Å². The number of rotatable bonds is 3. The maximum atomic E-state index is 11.3. The van der Waals surface area contributed by atoms with Crippen LogP contribution in [0.2, 0.25) is 0 Å². The number of ether oxygens (including phenoxy) is 1. The summed E-state index contributed by atoms with van der Waals surface area (Å²) in [6.07, 6.45) is 1.55. The molecule has 0 aliphatic carbocycles. The Labute approximate surface area is 105 Å². The number of carbonyl (C=O) groups is 1. The van der Waals surface area contributed by atoms with Crippen molar-refractivity contribution in [2.45, 2.75) is 19.8 Å². The van der Waals surface area contributed by atoms with Crippen molar-refractivity contribution in [3.05, 3.63) is 41.7 Å². The number of aromatic nitrogens is 3. The second kappa shape index (κ2) is 5.00. The van der Waals surface area contributed by atoms with E-state index in [1.54, 1.807) is 10.9 Å². The molecule has 1 aromatic carbocycles. The van der Waals surface area contributed by atoms with E-state index in [4.69, 9.17) is 0 Å². The molecule has 0 radical (unpaired) electrons. The molecule has 0 saturated carbocycles. The van der Waals surface area contributed by atoms with E-state index >= 15 is 0 Å². The normalized spacial score (nSPS) is 10.7. The highest BCUT2D eigenvalue weighted by atomic mass is 16.5. The fraction of sp³-hybridized carbons (Fsp3) is 0.308. The lowest BCUT2D eigenvalue weighted by molar-refractivity contribution is 0.0594. The Bertz CT molecular complexity index is 544. The first-order valence-electron chi connectivity index (χ1n) is 5.73. The molecular weight excluding hydrogens is 230 g/mol. The lowest BCUT2D eigenvalue weighted by atomic mass is 10.0. The molecule has 0 amide bonds. The molecular formula is C13H15N3O2. The molecule has 0 unspecified atom stereocenters. The van der Waals surface area contributed by atoms with Crippen molar-refractivity contribution in [2.75, 3.05) is 7.11 Å². The quantitative estimate of drug-likeness (QED) is 0.778. The Morgan fingerprint density at radius 3 is 2.50 bits per heavy atom. The lowest BCUT2D eigenvalue weighted by Crippen LogP contribution is -2.01. The summed E-state index contributed by atoms with van der Waals surface area (Å²) in [7, 11) is 1.32. The maximum absolute atomic E-state index is 11.3. The van der Waals surface area contributed by atoms with Crippen LogP contribution in [0.3, 0.4) is 0 Å². The van der Waals surface area contributed by atoms with Crippen LogP contribution in [0, 0.1) is 0 Å². The summed E-state index contributed by atoms with van der Waals surface area (Å²) in [5.41, 5.74) is 2.32. The van der Waals surface area contributed by atoms with Crippen LogP contribution in [0.15, 0.2) is 30.5 Å². The smallest absolute Gasteiger partial charge is 0.360 e. The monoisotopic (exact) mass is 245 g/mol. The molecule has 18 heavy (non-hydrogen) atoms. The number of hydrogen-bond donors (Lipinski definition) is 0. The van der Waals surface area contributed by atoms with E-state index < -0.39 is 5.97 Å². The van der Waals surface area contributed by atoms with E-state index in [1.807, 2.05) is 24.3 Å². The van der Waals surface area contributed by atoms with E-state index in [-0.39, 0.29) is 5.69 Å². The highest BCUT2D eigenvalue weighted by Gasteiger charge is 2.11. The minimum Gasteiger partial charge on any atom is -0.464 e. The average Bonchev–Trinajstić information content (AvgIpc) is 2.87. The Morgan fingerprint density at radius 1 is 1.28 bits per heavy atom. The number of esters is 1. The summed E-state index contributed by atoms with van der Waals surface area (Å²) < 4.78 is 6.13. The topological polar surface area (TPSA) is 57.0 Å². The van der Waals surface area contributed by atoms with Crippen molar-refractivity contribution in [2.24, 2.45) is 0 Å². The standard InChI is InChI=1S/C13H15N3O2/c1-9(2)10-4-6-11(7-5-10)16-8-12(14-15-16)13(17)18-3/h4-9H,1-3H3. The average molecular weight is 245 g/mol. The summed E-state index contributed by atoms with van der Waals surface area (Å²) >= 11 is 0. The lowest BCUT2D eigenvalue weighted by Gasteiger charge is -2.06. The van der Waals surface area contributed by atoms with Gasteiger partial charge in [-0.2, -0.15) is 0 Å². The van der Waals surface area contributed by atoms with Gasteiger partial charge in [-0.15, -0.1) is 5.10 Å². The first-order chi connectivity index (χ1) is 8.61. The first-order valence-corrected chi connectivity index (χ1v) is 5.73. The van der Waals surface area contributed by atoms with Crippen LogP contribution in [-0.2, 0) is 4.74 Å². The molecule has 0 aliphatic heterocycles. The van der Waals surface area contributed by atoms with Crippen LogP contribution in [0.1, 0.15) is 35.8 Å². The summed E-state index contributed by atoms with van der Waals surface area (Å²) in [5, 5.41) is 7.66. The van der Waals surface area contributed by atoms with Crippen molar-refractivity contribution in [1.29, 1.82) is 0 Å². The van der Waals surface area contributed by atoms with Crippen molar-refractivity contribution >= 4 is 5.97 Å². The molecule has 0 aliphatic rings.